The lowest BCUT2D eigenvalue weighted by atomic mass is 9.90. The van der Waals surface area contributed by atoms with E-state index < -0.39 is 0 Å². The van der Waals surface area contributed by atoms with Crippen LogP contribution in [0.1, 0.15) is 43.6 Å². The smallest absolute Gasteiger partial charge is 0.315 e. The molecule has 0 unspecified atom stereocenters. The number of carbonyl (C=O) groups excluding carboxylic acids is 1. The predicted octanol–water partition coefficient (Wildman–Crippen LogP) is 2.78. The van der Waals surface area contributed by atoms with Crippen LogP contribution >= 0.6 is 0 Å². The summed E-state index contributed by atoms with van der Waals surface area (Å²) >= 11 is 0. The maximum absolute atomic E-state index is 12.1. The van der Waals surface area contributed by atoms with E-state index in [0.717, 1.165) is 32.2 Å². The summed E-state index contributed by atoms with van der Waals surface area (Å²) in [6.07, 6.45) is 4.76. The molecule has 3 aliphatic rings. The largest absolute Gasteiger partial charge is 0.348 e. The van der Waals surface area contributed by atoms with Crippen molar-refractivity contribution in [3.8, 4) is 0 Å². The highest BCUT2D eigenvalue weighted by Crippen LogP contribution is 2.46. The van der Waals surface area contributed by atoms with E-state index in [9.17, 15) is 4.79 Å². The van der Waals surface area contributed by atoms with Crippen LogP contribution in [0.4, 0.5) is 4.79 Å². The van der Waals surface area contributed by atoms with Crippen molar-refractivity contribution in [3.05, 3.63) is 35.9 Å². The minimum Gasteiger partial charge on any atom is -0.348 e. The van der Waals surface area contributed by atoms with E-state index in [4.69, 9.17) is 9.47 Å². The van der Waals surface area contributed by atoms with Crippen molar-refractivity contribution >= 4 is 6.03 Å². The Balaban J connectivity index is 1.16. The third kappa shape index (κ3) is 3.57. The van der Waals surface area contributed by atoms with Crippen molar-refractivity contribution in [2.75, 3.05) is 19.8 Å². The molecule has 24 heavy (non-hydrogen) atoms. The van der Waals surface area contributed by atoms with Gasteiger partial charge in [0.2, 0.25) is 0 Å². The fourth-order valence-electron chi connectivity index (χ4n) is 4.03. The normalized spacial score (nSPS) is 28.7. The molecule has 2 N–H and O–H groups in total. The van der Waals surface area contributed by atoms with Crippen LogP contribution in [0.2, 0.25) is 0 Å². The summed E-state index contributed by atoms with van der Waals surface area (Å²) in [5, 5.41) is 6.14. The number of hydrogen-bond donors (Lipinski definition) is 2. The minimum atomic E-state index is -0.356. The lowest BCUT2D eigenvalue weighted by molar-refractivity contribution is -0.179. The van der Waals surface area contributed by atoms with Crippen molar-refractivity contribution in [2.24, 2.45) is 5.92 Å². The maximum atomic E-state index is 12.1. The van der Waals surface area contributed by atoms with Crippen molar-refractivity contribution in [2.45, 2.75) is 49.9 Å². The molecule has 0 radical (unpaired) electrons. The quantitative estimate of drug-likeness (QED) is 0.892. The van der Waals surface area contributed by atoms with Gasteiger partial charge in [-0.15, -0.1) is 0 Å². The summed E-state index contributed by atoms with van der Waals surface area (Å²) in [6.45, 7) is 2.15. The first kappa shape index (κ1) is 15.9. The monoisotopic (exact) mass is 330 g/mol. The van der Waals surface area contributed by atoms with Gasteiger partial charge in [-0.3, -0.25) is 0 Å². The standard InChI is InChI=1S/C19H26N2O3/c22-18(20-13-15-12-17(15)14-4-2-1-3-5-14)21-16-6-8-19(9-7-16)23-10-11-24-19/h1-5,15-17H,6-13H2,(H2,20,21,22)/t15-,17+/m1/s1. The minimum absolute atomic E-state index is 0.0390. The van der Waals surface area contributed by atoms with Gasteiger partial charge in [0.25, 0.3) is 0 Å². The molecule has 2 atom stereocenters. The highest BCUT2D eigenvalue weighted by Gasteiger charge is 2.41. The number of amides is 2. The molecular weight excluding hydrogens is 304 g/mol. The summed E-state index contributed by atoms with van der Waals surface area (Å²) in [5.41, 5.74) is 1.39. The topological polar surface area (TPSA) is 59.6 Å². The third-order valence-corrected chi connectivity index (χ3v) is 5.57. The maximum Gasteiger partial charge on any atom is 0.315 e. The Hall–Kier alpha value is -1.59. The summed E-state index contributed by atoms with van der Waals surface area (Å²) < 4.78 is 11.5. The molecule has 1 aromatic rings. The molecule has 1 spiro atoms. The molecule has 4 rings (SSSR count). The van der Waals surface area contributed by atoms with Gasteiger partial charge >= 0.3 is 6.03 Å². The van der Waals surface area contributed by atoms with Gasteiger partial charge in [0.15, 0.2) is 5.79 Å². The lowest BCUT2D eigenvalue weighted by Gasteiger charge is -2.35. The second-order valence-electron chi connectivity index (χ2n) is 7.25. The highest BCUT2D eigenvalue weighted by molar-refractivity contribution is 5.74. The number of rotatable bonds is 4. The van der Waals surface area contributed by atoms with E-state index in [1.165, 1.54) is 12.0 Å². The Morgan fingerprint density at radius 2 is 1.83 bits per heavy atom. The molecule has 2 aliphatic carbocycles. The molecule has 130 valence electrons. The van der Waals surface area contributed by atoms with Gasteiger partial charge < -0.3 is 20.1 Å². The fraction of sp³-hybridized carbons (Fsp3) is 0.632. The van der Waals surface area contributed by atoms with Crippen LogP contribution in [0.15, 0.2) is 30.3 Å². The third-order valence-electron chi connectivity index (χ3n) is 5.57. The Morgan fingerprint density at radius 3 is 2.54 bits per heavy atom. The van der Waals surface area contributed by atoms with Crippen LogP contribution in [0.5, 0.6) is 0 Å². The number of hydrogen-bond acceptors (Lipinski definition) is 3. The Bertz CT molecular complexity index is 561. The average Bonchev–Trinajstić information content (AvgIpc) is 3.27. The van der Waals surface area contributed by atoms with E-state index in [1.54, 1.807) is 0 Å². The molecule has 3 fully saturated rings. The zero-order valence-electron chi connectivity index (χ0n) is 14.0. The summed E-state index contributed by atoms with van der Waals surface area (Å²) in [7, 11) is 0. The van der Waals surface area contributed by atoms with Crippen LogP contribution in [0.25, 0.3) is 0 Å². The van der Waals surface area contributed by atoms with Crippen molar-refractivity contribution in [1.82, 2.24) is 10.6 Å². The van der Waals surface area contributed by atoms with Crippen LogP contribution < -0.4 is 10.6 Å². The van der Waals surface area contributed by atoms with E-state index in [-0.39, 0.29) is 17.9 Å². The number of carbonyl (C=O) groups is 1. The van der Waals surface area contributed by atoms with Crippen LogP contribution in [0.3, 0.4) is 0 Å². The van der Waals surface area contributed by atoms with Crippen molar-refractivity contribution < 1.29 is 14.3 Å². The molecule has 0 aromatic heterocycles. The molecule has 2 amide bonds. The summed E-state index contributed by atoms with van der Waals surface area (Å²) in [4.78, 5) is 12.1. The van der Waals surface area contributed by atoms with Crippen LogP contribution in [-0.4, -0.2) is 37.6 Å². The number of ether oxygens (including phenoxy) is 2. The fourth-order valence-corrected chi connectivity index (χ4v) is 4.03. The lowest BCUT2D eigenvalue weighted by Crippen LogP contribution is -2.47. The first-order valence-corrected chi connectivity index (χ1v) is 9.11. The van der Waals surface area contributed by atoms with E-state index >= 15 is 0 Å². The van der Waals surface area contributed by atoms with Gasteiger partial charge in [-0.2, -0.15) is 0 Å². The molecular formula is C19H26N2O3. The van der Waals surface area contributed by atoms with Gasteiger partial charge in [0.1, 0.15) is 0 Å². The molecule has 1 aliphatic heterocycles. The zero-order chi connectivity index (χ0) is 16.4. The van der Waals surface area contributed by atoms with Gasteiger partial charge in [-0.1, -0.05) is 30.3 Å². The van der Waals surface area contributed by atoms with Crippen molar-refractivity contribution in [3.63, 3.8) is 0 Å². The molecule has 5 heteroatoms. The molecule has 1 aromatic carbocycles. The molecule has 1 saturated heterocycles. The van der Waals surface area contributed by atoms with Crippen LogP contribution in [0, 0.1) is 5.92 Å². The summed E-state index contributed by atoms with van der Waals surface area (Å²) in [5.74, 6) is 0.830. The summed E-state index contributed by atoms with van der Waals surface area (Å²) in [6, 6.07) is 10.8. The van der Waals surface area contributed by atoms with Gasteiger partial charge in [0, 0.05) is 25.4 Å². The Labute approximate surface area is 143 Å². The average molecular weight is 330 g/mol. The molecule has 1 heterocycles. The number of nitrogens with one attached hydrogen (secondary N) is 2. The van der Waals surface area contributed by atoms with Gasteiger partial charge in [-0.05, 0) is 36.7 Å². The van der Waals surface area contributed by atoms with Gasteiger partial charge in [-0.25, -0.2) is 4.79 Å². The SMILES string of the molecule is O=C(NC[C@H]1C[C@H]1c1ccccc1)NC1CCC2(CC1)OCCO2. The number of benzene rings is 1. The molecule has 5 nitrogen and oxygen atoms in total. The van der Waals surface area contributed by atoms with Crippen LogP contribution in [-0.2, 0) is 9.47 Å². The van der Waals surface area contributed by atoms with Gasteiger partial charge in [0.05, 0.1) is 13.2 Å². The number of urea groups is 1. The predicted molar refractivity (Wildman–Crippen MR) is 90.7 cm³/mol. The second kappa shape index (κ2) is 6.73. The highest BCUT2D eigenvalue weighted by atomic mass is 16.7. The first-order valence-electron chi connectivity index (χ1n) is 9.11. The molecule has 0 bridgehead atoms. The Morgan fingerprint density at radius 1 is 1.12 bits per heavy atom. The second-order valence-corrected chi connectivity index (χ2v) is 7.25. The zero-order valence-corrected chi connectivity index (χ0v) is 14.0. The van der Waals surface area contributed by atoms with E-state index in [2.05, 4.69) is 34.9 Å². The first-order chi connectivity index (χ1) is 11.7. The molecule has 2 saturated carbocycles. The Kier molecular flexibility index (Phi) is 4.46. The van der Waals surface area contributed by atoms with E-state index in [1.807, 2.05) is 6.07 Å². The van der Waals surface area contributed by atoms with Crippen molar-refractivity contribution in [1.29, 1.82) is 0 Å². The van der Waals surface area contributed by atoms with E-state index in [0.29, 0.717) is 25.0 Å².